The van der Waals surface area contributed by atoms with Crippen molar-refractivity contribution in [2.75, 3.05) is 6.61 Å². The molecule has 0 aromatic rings. The van der Waals surface area contributed by atoms with Crippen LogP contribution in [0.5, 0.6) is 0 Å². The van der Waals surface area contributed by atoms with E-state index in [1.807, 2.05) is 0 Å². The summed E-state index contributed by atoms with van der Waals surface area (Å²) in [5.41, 5.74) is 0.474. The summed E-state index contributed by atoms with van der Waals surface area (Å²) in [6.07, 6.45) is 3.65. The molecule has 0 heterocycles. The summed E-state index contributed by atoms with van der Waals surface area (Å²) >= 11 is 2.12. The van der Waals surface area contributed by atoms with E-state index in [0.717, 1.165) is 6.29 Å². The van der Waals surface area contributed by atoms with E-state index < -0.39 is 12.1 Å². The maximum atomic E-state index is 11.9. The fourth-order valence-corrected chi connectivity index (χ4v) is 3.38. The van der Waals surface area contributed by atoms with Gasteiger partial charge in [0.15, 0.2) is 0 Å². The molecule has 0 radical (unpaired) electrons. The van der Waals surface area contributed by atoms with Crippen molar-refractivity contribution in [1.29, 1.82) is 0 Å². The molecule has 0 spiro atoms. The molecule has 20 heavy (non-hydrogen) atoms. The highest BCUT2D eigenvalue weighted by Crippen LogP contribution is 2.30. The molecule has 0 bridgehead atoms. The Bertz CT molecular complexity index is 404. The van der Waals surface area contributed by atoms with Crippen molar-refractivity contribution in [2.45, 2.75) is 43.1 Å². The molecule has 0 amide bonds. The highest BCUT2D eigenvalue weighted by molar-refractivity contribution is 14.1. The molecule has 0 aromatic heterocycles. The number of hydrogen-bond donors (Lipinski definition) is 0. The van der Waals surface area contributed by atoms with Gasteiger partial charge < -0.3 is 9.47 Å². The first kappa shape index (κ1) is 17.1. The van der Waals surface area contributed by atoms with Crippen LogP contribution in [0.2, 0.25) is 0 Å². The van der Waals surface area contributed by atoms with Crippen molar-refractivity contribution in [3.8, 4) is 0 Å². The van der Waals surface area contributed by atoms with Gasteiger partial charge in [0.25, 0.3) is 0 Å². The van der Waals surface area contributed by atoms with E-state index in [1.165, 1.54) is 6.92 Å². The van der Waals surface area contributed by atoms with Gasteiger partial charge in [-0.2, -0.15) is 0 Å². The summed E-state index contributed by atoms with van der Waals surface area (Å²) in [5.74, 6) is -0.879. The van der Waals surface area contributed by atoms with Crippen LogP contribution < -0.4 is 0 Å². The highest BCUT2D eigenvalue weighted by atomic mass is 127. The monoisotopic (exact) mass is 394 g/mol. The average molecular weight is 394 g/mol. The lowest BCUT2D eigenvalue weighted by Gasteiger charge is -2.27. The topological polar surface area (TPSA) is 69.7 Å². The van der Waals surface area contributed by atoms with Crippen molar-refractivity contribution in [3.05, 3.63) is 11.6 Å². The van der Waals surface area contributed by atoms with Crippen molar-refractivity contribution >= 4 is 40.8 Å². The maximum Gasteiger partial charge on any atom is 0.308 e. The first-order chi connectivity index (χ1) is 9.49. The summed E-state index contributed by atoms with van der Waals surface area (Å²) in [5, 5.41) is 0. The van der Waals surface area contributed by atoms with E-state index in [9.17, 15) is 14.4 Å². The first-order valence-electron chi connectivity index (χ1n) is 6.62. The number of rotatable bonds is 4. The number of aldehydes is 1. The van der Waals surface area contributed by atoms with Crippen LogP contribution in [0.15, 0.2) is 11.6 Å². The van der Waals surface area contributed by atoms with Gasteiger partial charge in [-0.25, -0.2) is 0 Å². The van der Waals surface area contributed by atoms with Gasteiger partial charge in [-0.3, -0.25) is 14.4 Å². The minimum Gasteiger partial charge on any atom is -0.466 e. The summed E-state index contributed by atoms with van der Waals surface area (Å²) in [6, 6.07) is 0. The summed E-state index contributed by atoms with van der Waals surface area (Å²) in [6.45, 7) is 3.44. The van der Waals surface area contributed by atoms with Crippen LogP contribution in [0, 0.1) is 5.92 Å². The molecule has 0 N–H and O–H groups in total. The van der Waals surface area contributed by atoms with E-state index in [1.54, 1.807) is 13.0 Å². The minimum absolute atomic E-state index is 0.136. The Morgan fingerprint density at radius 1 is 1.50 bits per heavy atom. The number of ether oxygens (including phenoxy) is 2. The summed E-state index contributed by atoms with van der Waals surface area (Å²) in [7, 11) is 0. The number of alkyl halides is 1. The lowest BCUT2D eigenvalue weighted by atomic mass is 9.90. The van der Waals surface area contributed by atoms with Crippen LogP contribution in [-0.2, 0) is 23.9 Å². The second-order valence-electron chi connectivity index (χ2n) is 4.63. The van der Waals surface area contributed by atoms with Gasteiger partial charge in [-0.05, 0) is 26.2 Å². The Labute approximate surface area is 132 Å². The Balaban J connectivity index is 2.89. The second-order valence-corrected chi connectivity index (χ2v) is 6.23. The average Bonchev–Trinajstić information content (AvgIpc) is 2.38. The zero-order valence-corrected chi connectivity index (χ0v) is 13.8. The third-order valence-electron chi connectivity index (χ3n) is 3.11. The Morgan fingerprint density at radius 3 is 2.75 bits per heavy atom. The fraction of sp³-hybridized carbons (Fsp3) is 0.643. The quantitative estimate of drug-likeness (QED) is 0.317. The van der Waals surface area contributed by atoms with Gasteiger partial charge in [-0.1, -0.05) is 28.7 Å². The molecule has 112 valence electrons. The lowest BCUT2D eigenvalue weighted by Crippen LogP contribution is -2.34. The molecule has 0 fully saturated rings. The Kier molecular flexibility index (Phi) is 7.18. The molecule has 0 saturated heterocycles. The molecular formula is C14H19IO5. The van der Waals surface area contributed by atoms with E-state index in [0.29, 0.717) is 31.4 Å². The van der Waals surface area contributed by atoms with E-state index in [2.05, 4.69) is 22.6 Å². The molecule has 2 unspecified atom stereocenters. The van der Waals surface area contributed by atoms with Crippen LogP contribution in [0.1, 0.15) is 33.1 Å². The van der Waals surface area contributed by atoms with Crippen LogP contribution >= 0.6 is 22.6 Å². The molecule has 0 saturated carbocycles. The number of carbonyl (C=O) groups excluding carboxylic acids is 3. The molecule has 1 rings (SSSR count). The minimum atomic E-state index is -0.595. The zero-order chi connectivity index (χ0) is 15.1. The van der Waals surface area contributed by atoms with Gasteiger partial charge in [0.05, 0.1) is 16.4 Å². The lowest BCUT2D eigenvalue weighted by molar-refractivity contribution is -0.148. The fourth-order valence-electron chi connectivity index (χ4n) is 2.20. The van der Waals surface area contributed by atoms with Crippen LogP contribution in [0.25, 0.3) is 0 Å². The number of carbonyl (C=O) groups is 3. The summed E-state index contributed by atoms with van der Waals surface area (Å²) in [4.78, 5) is 34.2. The molecule has 1 aliphatic rings. The molecule has 1 aliphatic carbocycles. The van der Waals surface area contributed by atoms with Gasteiger partial charge in [0.2, 0.25) is 0 Å². The van der Waals surface area contributed by atoms with Gasteiger partial charge in [-0.15, -0.1) is 0 Å². The molecular weight excluding hydrogens is 375 g/mol. The molecule has 5 nitrogen and oxygen atoms in total. The van der Waals surface area contributed by atoms with Crippen molar-refractivity contribution in [2.24, 2.45) is 5.92 Å². The van der Waals surface area contributed by atoms with Crippen LogP contribution in [-0.4, -0.2) is 34.9 Å². The van der Waals surface area contributed by atoms with Gasteiger partial charge in [0, 0.05) is 12.5 Å². The number of hydrogen-bond acceptors (Lipinski definition) is 5. The van der Waals surface area contributed by atoms with Gasteiger partial charge >= 0.3 is 11.9 Å². The second kappa shape index (κ2) is 8.39. The third kappa shape index (κ3) is 4.88. The molecule has 3 atom stereocenters. The van der Waals surface area contributed by atoms with Crippen LogP contribution in [0.4, 0.5) is 0 Å². The van der Waals surface area contributed by atoms with E-state index >= 15 is 0 Å². The summed E-state index contributed by atoms with van der Waals surface area (Å²) < 4.78 is 10.2. The highest BCUT2D eigenvalue weighted by Gasteiger charge is 2.32. The van der Waals surface area contributed by atoms with Crippen molar-refractivity contribution < 1.29 is 23.9 Å². The normalized spacial score (nSPS) is 29.4. The van der Waals surface area contributed by atoms with E-state index in [4.69, 9.17) is 9.47 Å². The molecule has 6 heteroatoms. The Morgan fingerprint density at radius 2 is 2.20 bits per heavy atom. The maximum absolute atomic E-state index is 11.9. The van der Waals surface area contributed by atoms with Crippen molar-refractivity contribution in [3.63, 3.8) is 0 Å². The number of halogens is 1. The van der Waals surface area contributed by atoms with Gasteiger partial charge in [0.1, 0.15) is 12.4 Å². The molecule has 0 aromatic carbocycles. The Hall–Kier alpha value is -0.920. The smallest absolute Gasteiger partial charge is 0.308 e. The standard InChI is InChI=1S/C14H19IO5/c1-3-19-14(18)10-5-4-6-11(8-16)13(12(15)7-10)20-9(2)17/h6,8,10,12-13H,3-5,7H2,1-2H3/b11-6-/t10?,12?,13-/m1/s1. The predicted octanol–water partition coefficient (Wildman–Crippen LogP) is 2.21. The van der Waals surface area contributed by atoms with Crippen molar-refractivity contribution in [1.82, 2.24) is 0 Å². The first-order valence-corrected chi connectivity index (χ1v) is 7.87. The largest absolute Gasteiger partial charge is 0.466 e. The van der Waals surface area contributed by atoms with E-state index in [-0.39, 0.29) is 15.8 Å². The number of esters is 2. The predicted molar refractivity (Wildman–Crippen MR) is 81.5 cm³/mol. The third-order valence-corrected chi connectivity index (χ3v) is 4.27. The molecule has 0 aliphatic heterocycles. The SMILES string of the molecule is CCOC(=O)C1CC/C=C(/C=O)[C@@H](OC(C)=O)C(I)C1. The van der Waals surface area contributed by atoms with Crippen LogP contribution in [0.3, 0.4) is 0 Å². The zero-order valence-electron chi connectivity index (χ0n) is 11.6. The number of allylic oxidation sites excluding steroid dienone is 1.